The number of hydrogen-bond acceptors (Lipinski definition) is 3. The van der Waals surface area contributed by atoms with Crippen molar-refractivity contribution in [3.05, 3.63) is 84.2 Å². The molecule has 5 nitrogen and oxygen atoms in total. The molecule has 2 heterocycles. The van der Waals surface area contributed by atoms with Gasteiger partial charge in [-0.15, -0.1) is 0 Å². The molecule has 0 fully saturated rings. The van der Waals surface area contributed by atoms with E-state index in [-0.39, 0.29) is 0 Å². The molecule has 0 atom stereocenters. The molecule has 28 heavy (non-hydrogen) atoms. The van der Waals surface area contributed by atoms with Gasteiger partial charge in [0.2, 0.25) is 0 Å². The van der Waals surface area contributed by atoms with E-state index in [0.29, 0.717) is 28.6 Å². The highest BCUT2D eigenvalue weighted by Gasteiger charge is 2.18. The summed E-state index contributed by atoms with van der Waals surface area (Å²) in [6.45, 7) is 1.73. The van der Waals surface area contributed by atoms with Gasteiger partial charge in [0, 0.05) is 24.0 Å². The van der Waals surface area contributed by atoms with Crippen LogP contribution in [0.2, 0.25) is 0 Å². The van der Waals surface area contributed by atoms with Crippen LogP contribution in [0, 0.1) is 18.6 Å². The maximum Gasteiger partial charge on any atom is 0.262 e. The first-order valence-electron chi connectivity index (χ1n) is 8.35. The third kappa shape index (κ3) is 3.46. The van der Waals surface area contributed by atoms with Gasteiger partial charge in [-0.1, -0.05) is 18.2 Å². The number of benzene rings is 2. The van der Waals surface area contributed by atoms with E-state index in [1.807, 2.05) is 41.1 Å². The van der Waals surface area contributed by atoms with Gasteiger partial charge in [-0.2, -0.15) is 0 Å². The van der Waals surface area contributed by atoms with Crippen LogP contribution in [0.15, 0.2) is 71.9 Å². The average Bonchev–Trinajstić information content (AvgIpc) is 3.07. The lowest BCUT2D eigenvalue weighted by Gasteiger charge is -2.12. The van der Waals surface area contributed by atoms with Crippen LogP contribution in [0.1, 0.15) is 5.56 Å². The van der Waals surface area contributed by atoms with E-state index in [9.17, 15) is 17.2 Å². The van der Waals surface area contributed by atoms with Crippen LogP contribution in [0.3, 0.4) is 0 Å². The van der Waals surface area contributed by atoms with Gasteiger partial charge in [-0.3, -0.25) is 4.72 Å². The van der Waals surface area contributed by atoms with Crippen molar-refractivity contribution in [2.24, 2.45) is 0 Å². The molecule has 0 aliphatic carbocycles. The summed E-state index contributed by atoms with van der Waals surface area (Å²) in [4.78, 5) is 4.03. The second-order valence-electron chi connectivity index (χ2n) is 6.33. The van der Waals surface area contributed by atoms with Crippen LogP contribution in [0.4, 0.5) is 14.5 Å². The largest absolute Gasteiger partial charge is 0.306 e. The van der Waals surface area contributed by atoms with Crippen LogP contribution in [-0.2, 0) is 10.0 Å². The fourth-order valence-corrected chi connectivity index (χ4v) is 4.02. The standard InChI is InChI=1S/C20H15F2N3O2S/c1-13-5-6-14(19-12-25-7-3-2-4-20(25)23-19)8-18(13)24-28(26,27)17-10-15(21)9-16(22)11-17/h2-12,24H,1H3. The number of nitrogens with one attached hydrogen (secondary N) is 1. The molecule has 0 unspecified atom stereocenters. The lowest BCUT2D eigenvalue weighted by molar-refractivity contribution is 0.568. The van der Waals surface area contributed by atoms with Crippen molar-refractivity contribution < 1.29 is 17.2 Å². The van der Waals surface area contributed by atoms with Gasteiger partial charge in [-0.25, -0.2) is 22.2 Å². The first kappa shape index (κ1) is 18.1. The Hall–Kier alpha value is -3.26. The molecular weight excluding hydrogens is 384 g/mol. The molecule has 0 saturated carbocycles. The number of aromatic nitrogens is 2. The van der Waals surface area contributed by atoms with Crippen molar-refractivity contribution in [1.82, 2.24) is 9.38 Å². The monoisotopic (exact) mass is 399 g/mol. The summed E-state index contributed by atoms with van der Waals surface area (Å²) in [5.41, 5.74) is 3.10. The average molecular weight is 399 g/mol. The van der Waals surface area contributed by atoms with Crippen LogP contribution in [0.5, 0.6) is 0 Å². The first-order valence-corrected chi connectivity index (χ1v) is 9.84. The van der Waals surface area contributed by atoms with Gasteiger partial charge in [0.05, 0.1) is 16.3 Å². The number of fused-ring (bicyclic) bond motifs is 1. The second kappa shape index (κ2) is 6.72. The Morgan fingerprint density at radius 2 is 1.75 bits per heavy atom. The first-order chi connectivity index (χ1) is 13.3. The van der Waals surface area contributed by atoms with Crippen molar-refractivity contribution in [1.29, 1.82) is 0 Å². The molecule has 0 aliphatic rings. The number of pyridine rings is 1. The normalized spacial score (nSPS) is 11.7. The summed E-state index contributed by atoms with van der Waals surface area (Å²) < 4.78 is 56.3. The Morgan fingerprint density at radius 3 is 2.46 bits per heavy atom. The lowest BCUT2D eigenvalue weighted by Crippen LogP contribution is -2.14. The maximum absolute atomic E-state index is 13.4. The van der Waals surface area contributed by atoms with E-state index in [2.05, 4.69) is 9.71 Å². The molecule has 2 aromatic heterocycles. The quantitative estimate of drug-likeness (QED) is 0.554. The number of anilines is 1. The van der Waals surface area contributed by atoms with Crippen LogP contribution in [0.25, 0.3) is 16.9 Å². The number of nitrogens with zero attached hydrogens (tertiary/aromatic N) is 2. The van der Waals surface area contributed by atoms with E-state index in [1.54, 1.807) is 19.1 Å². The predicted molar refractivity (Wildman–Crippen MR) is 103 cm³/mol. The molecule has 0 bridgehead atoms. The number of aryl methyl sites for hydroxylation is 1. The molecule has 8 heteroatoms. The van der Waals surface area contributed by atoms with E-state index in [4.69, 9.17) is 0 Å². The van der Waals surface area contributed by atoms with Crippen LogP contribution in [-0.4, -0.2) is 17.8 Å². The second-order valence-corrected chi connectivity index (χ2v) is 8.02. The summed E-state index contributed by atoms with van der Waals surface area (Å²) in [7, 11) is -4.16. The zero-order chi connectivity index (χ0) is 19.9. The molecule has 4 aromatic rings. The van der Waals surface area contributed by atoms with Gasteiger partial charge in [0.25, 0.3) is 10.0 Å². The number of imidazole rings is 1. The minimum absolute atomic E-state index is 0.305. The van der Waals surface area contributed by atoms with E-state index < -0.39 is 26.6 Å². The predicted octanol–water partition coefficient (Wildman–Crippen LogP) is 4.39. The molecule has 1 N–H and O–H groups in total. The minimum atomic E-state index is -4.16. The zero-order valence-electron chi connectivity index (χ0n) is 14.7. The zero-order valence-corrected chi connectivity index (χ0v) is 15.5. The highest BCUT2D eigenvalue weighted by Crippen LogP contribution is 2.27. The third-order valence-corrected chi connectivity index (χ3v) is 5.63. The van der Waals surface area contributed by atoms with Gasteiger partial charge >= 0.3 is 0 Å². The molecule has 0 radical (unpaired) electrons. The summed E-state index contributed by atoms with van der Waals surface area (Å²) >= 11 is 0. The Balaban J connectivity index is 1.73. The fraction of sp³-hybridized carbons (Fsp3) is 0.0500. The van der Waals surface area contributed by atoms with E-state index >= 15 is 0 Å². The Bertz CT molecular complexity index is 1250. The molecular formula is C20H15F2N3O2S. The van der Waals surface area contributed by atoms with Crippen molar-refractivity contribution >= 4 is 21.4 Å². The van der Waals surface area contributed by atoms with Crippen LogP contribution >= 0.6 is 0 Å². The van der Waals surface area contributed by atoms with Crippen molar-refractivity contribution in [3.8, 4) is 11.3 Å². The number of rotatable bonds is 4. The maximum atomic E-state index is 13.4. The smallest absolute Gasteiger partial charge is 0.262 e. The van der Waals surface area contributed by atoms with E-state index in [0.717, 1.165) is 17.8 Å². The van der Waals surface area contributed by atoms with Gasteiger partial charge in [0.15, 0.2) is 0 Å². The topological polar surface area (TPSA) is 63.5 Å². The van der Waals surface area contributed by atoms with Gasteiger partial charge in [0.1, 0.15) is 17.3 Å². The van der Waals surface area contributed by atoms with Gasteiger partial charge in [-0.05, 0) is 42.8 Å². The number of halogens is 2. The third-order valence-electron chi connectivity index (χ3n) is 4.29. The Labute approximate surface area is 160 Å². The Kier molecular flexibility index (Phi) is 4.35. The molecule has 0 spiro atoms. The SMILES string of the molecule is Cc1ccc(-c2cn3ccccc3n2)cc1NS(=O)(=O)c1cc(F)cc(F)c1. The van der Waals surface area contributed by atoms with Gasteiger partial charge < -0.3 is 4.40 Å². The highest BCUT2D eigenvalue weighted by molar-refractivity contribution is 7.92. The van der Waals surface area contributed by atoms with Crippen LogP contribution < -0.4 is 4.72 Å². The molecule has 142 valence electrons. The summed E-state index contributed by atoms with van der Waals surface area (Å²) in [5.74, 6) is -1.92. The molecule has 4 rings (SSSR count). The highest BCUT2D eigenvalue weighted by atomic mass is 32.2. The van der Waals surface area contributed by atoms with E-state index in [1.165, 1.54) is 0 Å². The number of sulfonamides is 1. The molecule has 2 aromatic carbocycles. The summed E-state index contributed by atoms with van der Waals surface area (Å²) in [6, 6.07) is 13.0. The van der Waals surface area contributed by atoms with Crippen molar-refractivity contribution in [2.75, 3.05) is 4.72 Å². The summed E-state index contributed by atoms with van der Waals surface area (Å²) in [5, 5.41) is 0. The minimum Gasteiger partial charge on any atom is -0.306 e. The van der Waals surface area contributed by atoms with Crippen molar-refractivity contribution in [2.45, 2.75) is 11.8 Å². The lowest BCUT2D eigenvalue weighted by atomic mass is 10.1. The Morgan fingerprint density at radius 1 is 1.00 bits per heavy atom. The van der Waals surface area contributed by atoms with Crippen molar-refractivity contribution in [3.63, 3.8) is 0 Å². The number of hydrogen-bond donors (Lipinski definition) is 1. The molecule has 0 amide bonds. The molecule has 0 saturated heterocycles. The molecule has 0 aliphatic heterocycles. The fourth-order valence-electron chi connectivity index (χ4n) is 2.85. The summed E-state index contributed by atoms with van der Waals surface area (Å²) in [6.07, 6.45) is 3.70.